The third kappa shape index (κ3) is 3.81. The summed E-state index contributed by atoms with van der Waals surface area (Å²) in [6.07, 6.45) is 0. The highest BCUT2D eigenvalue weighted by molar-refractivity contribution is 6.35. The Hall–Kier alpha value is -4.74. The highest BCUT2D eigenvalue weighted by atomic mass is 35.5. The number of halogens is 2. The number of nitrogen functional groups attached to an aromatic ring is 2. The molecule has 0 saturated carbocycles. The molecule has 2 aromatic heterocycles. The Bertz CT molecular complexity index is 1600. The van der Waals surface area contributed by atoms with E-state index in [4.69, 9.17) is 23.1 Å². The van der Waals surface area contributed by atoms with Crippen LogP contribution in [0, 0.1) is 28.5 Å². The maximum atomic E-state index is 14.7. The third-order valence-electron chi connectivity index (χ3n) is 4.99. The largest absolute Gasteiger partial charge is 0.382 e. The van der Waals surface area contributed by atoms with Gasteiger partial charge in [0.15, 0.2) is 5.82 Å². The summed E-state index contributed by atoms with van der Waals surface area (Å²) >= 11 is 6.22. The van der Waals surface area contributed by atoms with Gasteiger partial charge in [0.05, 0.1) is 33.8 Å². The molecule has 168 valence electrons. The molecule has 0 amide bonds. The maximum Gasteiger partial charge on any atom is 0.267 e. The second kappa shape index (κ2) is 8.65. The van der Waals surface area contributed by atoms with E-state index in [9.17, 15) is 19.7 Å². The first-order valence-corrected chi connectivity index (χ1v) is 10.1. The molecule has 0 fully saturated rings. The van der Waals surface area contributed by atoms with E-state index in [0.29, 0.717) is 11.3 Å². The molecule has 0 aliphatic rings. The quantitative estimate of drug-likeness (QED) is 0.400. The normalized spacial score (nSPS) is 11.6. The van der Waals surface area contributed by atoms with Gasteiger partial charge >= 0.3 is 0 Å². The van der Waals surface area contributed by atoms with Gasteiger partial charge in [0, 0.05) is 0 Å². The van der Waals surface area contributed by atoms with Crippen LogP contribution in [0.15, 0.2) is 41.2 Å². The third-order valence-corrected chi connectivity index (χ3v) is 5.31. The van der Waals surface area contributed by atoms with Gasteiger partial charge in [-0.15, -0.1) is 0 Å². The van der Waals surface area contributed by atoms with Crippen molar-refractivity contribution in [3.05, 3.63) is 74.5 Å². The molecular weight excluding hydrogens is 461 g/mol. The van der Waals surface area contributed by atoms with Crippen molar-refractivity contribution >= 4 is 40.1 Å². The van der Waals surface area contributed by atoms with Crippen molar-refractivity contribution in [2.45, 2.75) is 13.0 Å². The van der Waals surface area contributed by atoms with Gasteiger partial charge in [0.2, 0.25) is 5.95 Å². The average Bonchev–Trinajstić information content (AvgIpc) is 2.80. The van der Waals surface area contributed by atoms with E-state index < -0.39 is 17.4 Å². The van der Waals surface area contributed by atoms with Crippen LogP contribution in [-0.2, 0) is 0 Å². The van der Waals surface area contributed by atoms with Crippen LogP contribution in [0.5, 0.6) is 0 Å². The lowest BCUT2D eigenvalue weighted by atomic mass is 10.1. The number of nitrogens with one attached hydrogen (secondary N) is 1. The Labute approximate surface area is 196 Å². The molecular formula is C22H15ClFN9O. The van der Waals surface area contributed by atoms with E-state index >= 15 is 0 Å². The minimum Gasteiger partial charge on any atom is -0.382 e. The van der Waals surface area contributed by atoms with Crippen molar-refractivity contribution in [1.29, 1.82) is 10.5 Å². The molecule has 5 N–H and O–H groups in total. The SMILES string of the molecule is C[C@H](Nc1nc(N)nc(N)c1C#N)c1nc2c(F)ccc(Cl)c2c(=O)n1-c1cccc(C#N)c1. The monoisotopic (exact) mass is 475 g/mol. The van der Waals surface area contributed by atoms with Gasteiger partial charge in [-0.05, 0) is 37.3 Å². The van der Waals surface area contributed by atoms with E-state index in [1.54, 1.807) is 25.1 Å². The van der Waals surface area contributed by atoms with Crippen molar-refractivity contribution < 1.29 is 4.39 Å². The summed E-state index contributed by atoms with van der Waals surface area (Å²) in [5, 5.41) is 21.6. The van der Waals surface area contributed by atoms with Crippen LogP contribution in [0.25, 0.3) is 16.6 Å². The lowest BCUT2D eigenvalue weighted by Crippen LogP contribution is -2.28. The molecule has 0 unspecified atom stereocenters. The number of hydrogen-bond acceptors (Lipinski definition) is 9. The lowest BCUT2D eigenvalue weighted by Gasteiger charge is -2.21. The zero-order valence-corrected chi connectivity index (χ0v) is 18.3. The van der Waals surface area contributed by atoms with Gasteiger partial charge in [0.25, 0.3) is 5.56 Å². The summed E-state index contributed by atoms with van der Waals surface area (Å²) < 4.78 is 15.9. The molecule has 4 aromatic rings. The molecule has 1 atom stereocenters. The predicted molar refractivity (Wildman–Crippen MR) is 125 cm³/mol. The predicted octanol–water partition coefficient (Wildman–Crippen LogP) is 3.05. The zero-order chi connectivity index (χ0) is 24.6. The minimum absolute atomic E-state index is 0.0123. The minimum atomic E-state index is -0.818. The van der Waals surface area contributed by atoms with Gasteiger partial charge in [0.1, 0.15) is 34.6 Å². The van der Waals surface area contributed by atoms with E-state index in [0.717, 1.165) is 6.07 Å². The summed E-state index contributed by atoms with van der Waals surface area (Å²) in [6.45, 7) is 1.62. The highest BCUT2D eigenvalue weighted by Crippen LogP contribution is 2.28. The summed E-state index contributed by atoms with van der Waals surface area (Å²) in [4.78, 5) is 25.7. The average molecular weight is 476 g/mol. The molecule has 0 aliphatic heterocycles. The Balaban J connectivity index is 2.00. The van der Waals surface area contributed by atoms with Crippen LogP contribution in [0.3, 0.4) is 0 Å². The van der Waals surface area contributed by atoms with Crippen molar-refractivity contribution in [3.8, 4) is 17.8 Å². The highest BCUT2D eigenvalue weighted by Gasteiger charge is 2.23. The van der Waals surface area contributed by atoms with Crippen LogP contribution in [-0.4, -0.2) is 19.5 Å². The van der Waals surface area contributed by atoms with Gasteiger partial charge in [-0.25, -0.2) is 9.37 Å². The second-order valence-electron chi connectivity index (χ2n) is 7.19. The molecule has 2 heterocycles. The fourth-order valence-electron chi connectivity index (χ4n) is 3.47. The van der Waals surface area contributed by atoms with Crippen LogP contribution < -0.4 is 22.3 Å². The molecule has 4 rings (SSSR count). The number of aromatic nitrogens is 4. The van der Waals surface area contributed by atoms with E-state index in [1.807, 2.05) is 12.1 Å². The first-order valence-electron chi connectivity index (χ1n) is 9.76. The van der Waals surface area contributed by atoms with Crippen molar-refractivity contribution in [2.75, 3.05) is 16.8 Å². The summed E-state index contributed by atoms with van der Waals surface area (Å²) in [5.41, 5.74) is 11.1. The van der Waals surface area contributed by atoms with Crippen molar-refractivity contribution in [2.24, 2.45) is 0 Å². The molecule has 0 saturated heterocycles. The fraction of sp³-hybridized carbons (Fsp3) is 0.0909. The summed E-state index contributed by atoms with van der Waals surface area (Å²) in [6, 6.07) is 11.7. The molecule has 34 heavy (non-hydrogen) atoms. The second-order valence-corrected chi connectivity index (χ2v) is 7.60. The first kappa shape index (κ1) is 22.5. The molecule has 0 aliphatic carbocycles. The Morgan fingerprint density at radius 3 is 2.62 bits per heavy atom. The van der Waals surface area contributed by atoms with Crippen molar-refractivity contribution in [3.63, 3.8) is 0 Å². The summed E-state index contributed by atoms with van der Waals surface area (Å²) in [5.74, 6) is -0.967. The number of nitrogens with two attached hydrogens (primary N) is 2. The number of anilines is 3. The number of benzene rings is 2. The van der Waals surface area contributed by atoms with Crippen LogP contribution >= 0.6 is 11.6 Å². The number of nitriles is 2. The van der Waals surface area contributed by atoms with Gasteiger partial charge in [-0.3, -0.25) is 9.36 Å². The Morgan fingerprint density at radius 2 is 1.91 bits per heavy atom. The maximum absolute atomic E-state index is 14.7. The smallest absolute Gasteiger partial charge is 0.267 e. The molecule has 2 aromatic carbocycles. The summed E-state index contributed by atoms with van der Waals surface area (Å²) in [7, 11) is 0. The first-order chi connectivity index (χ1) is 16.2. The number of rotatable bonds is 4. The zero-order valence-electron chi connectivity index (χ0n) is 17.5. The van der Waals surface area contributed by atoms with Crippen LogP contribution in [0.1, 0.15) is 29.9 Å². The number of fused-ring (bicyclic) bond motifs is 1. The molecule has 0 bridgehead atoms. The topological polar surface area (TPSA) is 172 Å². The molecule has 0 spiro atoms. The van der Waals surface area contributed by atoms with E-state index in [-0.39, 0.29) is 44.9 Å². The van der Waals surface area contributed by atoms with Crippen LogP contribution in [0.4, 0.5) is 22.0 Å². The van der Waals surface area contributed by atoms with Crippen molar-refractivity contribution in [1.82, 2.24) is 19.5 Å². The fourth-order valence-corrected chi connectivity index (χ4v) is 3.70. The molecule has 0 radical (unpaired) electrons. The standard InChI is InChI=1S/C22H15ClFN9O/c1-10(29-19-13(9-26)18(27)31-22(28)32-19)20-30-17-15(24)6-5-14(23)16(17)21(34)33(20)12-4-2-3-11(7-12)8-25/h2-7,10H,1H3,(H5,27,28,29,31,32)/t10-/m0/s1. The Kier molecular flexibility index (Phi) is 5.72. The van der Waals surface area contributed by atoms with Gasteiger partial charge in [-0.2, -0.15) is 20.5 Å². The number of nitrogens with zero attached hydrogens (tertiary/aromatic N) is 6. The Morgan fingerprint density at radius 1 is 1.15 bits per heavy atom. The van der Waals surface area contributed by atoms with Gasteiger partial charge in [-0.1, -0.05) is 17.7 Å². The lowest BCUT2D eigenvalue weighted by molar-refractivity contribution is 0.632. The number of hydrogen-bond donors (Lipinski definition) is 3. The molecule has 12 heteroatoms. The molecule has 10 nitrogen and oxygen atoms in total. The van der Waals surface area contributed by atoms with E-state index in [1.165, 1.54) is 16.7 Å². The van der Waals surface area contributed by atoms with E-state index in [2.05, 4.69) is 20.3 Å². The van der Waals surface area contributed by atoms with Gasteiger partial charge < -0.3 is 16.8 Å². The van der Waals surface area contributed by atoms with Crippen LogP contribution in [0.2, 0.25) is 5.02 Å².